The Bertz CT molecular complexity index is 594. The number of hydrogen-bond acceptors (Lipinski definition) is 5. The lowest BCUT2D eigenvalue weighted by Crippen LogP contribution is -2.31. The van der Waals surface area contributed by atoms with Gasteiger partial charge in [0.2, 0.25) is 5.95 Å². The van der Waals surface area contributed by atoms with Crippen LogP contribution in [-0.2, 0) is 0 Å². The summed E-state index contributed by atoms with van der Waals surface area (Å²) in [5.41, 5.74) is 1.04. The van der Waals surface area contributed by atoms with Gasteiger partial charge in [0.05, 0.1) is 6.26 Å². The highest BCUT2D eigenvalue weighted by atomic mass is 16.3. The third-order valence-corrected chi connectivity index (χ3v) is 3.24. The number of hydrogen-bond donors (Lipinski definition) is 0. The van der Waals surface area contributed by atoms with E-state index in [0.29, 0.717) is 23.1 Å². The second-order valence-electron chi connectivity index (χ2n) is 4.58. The summed E-state index contributed by atoms with van der Waals surface area (Å²) in [5, 5.41) is 9.09. The molecule has 0 radical (unpaired) electrons. The number of nitrogens with zero attached hydrogens (tertiary/aromatic N) is 4. The zero-order valence-electron chi connectivity index (χ0n) is 10.5. The summed E-state index contributed by atoms with van der Waals surface area (Å²) >= 11 is 0. The fourth-order valence-corrected chi connectivity index (χ4v) is 2.28. The molecule has 0 saturated carbocycles. The van der Waals surface area contributed by atoms with E-state index in [9.17, 15) is 0 Å². The molecule has 96 valence electrons. The number of nitriles is 1. The van der Waals surface area contributed by atoms with Crippen molar-refractivity contribution in [2.45, 2.75) is 19.3 Å². The maximum absolute atomic E-state index is 9.09. The molecule has 1 aliphatic heterocycles. The van der Waals surface area contributed by atoms with E-state index in [-0.39, 0.29) is 0 Å². The largest absolute Gasteiger partial charge is 0.463 e. The molecule has 3 heterocycles. The Kier molecular flexibility index (Phi) is 3.15. The van der Waals surface area contributed by atoms with Gasteiger partial charge in [0, 0.05) is 19.2 Å². The molecule has 2 aromatic heterocycles. The van der Waals surface area contributed by atoms with Crippen LogP contribution in [0.1, 0.15) is 25.0 Å². The molecule has 0 amide bonds. The molecular weight excluding hydrogens is 240 g/mol. The van der Waals surface area contributed by atoms with Crippen molar-refractivity contribution in [1.29, 1.82) is 5.26 Å². The van der Waals surface area contributed by atoms with Crippen molar-refractivity contribution in [2.75, 3.05) is 18.0 Å². The van der Waals surface area contributed by atoms with Crippen molar-refractivity contribution in [3.63, 3.8) is 0 Å². The highest BCUT2D eigenvalue weighted by Crippen LogP contribution is 2.22. The van der Waals surface area contributed by atoms with Crippen LogP contribution in [0.15, 0.2) is 28.9 Å². The highest BCUT2D eigenvalue weighted by molar-refractivity contribution is 5.56. The predicted octanol–water partition coefficient (Wildman–Crippen LogP) is 2.60. The molecule has 3 rings (SSSR count). The normalized spacial score (nSPS) is 15.2. The topological polar surface area (TPSA) is 66.0 Å². The van der Waals surface area contributed by atoms with Crippen LogP contribution in [0.5, 0.6) is 0 Å². The molecule has 1 aliphatic rings. The Labute approximate surface area is 111 Å². The SMILES string of the molecule is N#Cc1cc(-c2ccco2)nc(N2CCCCC2)n1. The quantitative estimate of drug-likeness (QED) is 0.824. The average molecular weight is 254 g/mol. The third-order valence-electron chi connectivity index (χ3n) is 3.24. The van der Waals surface area contributed by atoms with Gasteiger partial charge in [-0.3, -0.25) is 0 Å². The van der Waals surface area contributed by atoms with E-state index in [2.05, 4.69) is 20.9 Å². The van der Waals surface area contributed by atoms with Crippen LogP contribution in [0, 0.1) is 11.3 Å². The van der Waals surface area contributed by atoms with Gasteiger partial charge in [-0.2, -0.15) is 5.26 Å². The zero-order chi connectivity index (χ0) is 13.1. The van der Waals surface area contributed by atoms with Gasteiger partial charge in [-0.15, -0.1) is 0 Å². The monoisotopic (exact) mass is 254 g/mol. The van der Waals surface area contributed by atoms with Crippen molar-refractivity contribution in [2.24, 2.45) is 0 Å². The van der Waals surface area contributed by atoms with E-state index in [1.807, 2.05) is 12.1 Å². The maximum Gasteiger partial charge on any atom is 0.227 e. The number of aromatic nitrogens is 2. The number of furan rings is 1. The molecule has 0 spiro atoms. The molecule has 0 aliphatic carbocycles. The molecule has 2 aromatic rings. The Morgan fingerprint density at radius 1 is 1.21 bits per heavy atom. The molecular formula is C14H14N4O. The Balaban J connectivity index is 2.00. The van der Waals surface area contributed by atoms with Crippen LogP contribution in [0.25, 0.3) is 11.5 Å². The van der Waals surface area contributed by atoms with Gasteiger partial charge in [-0.1, -0.05) is 0 Å². The minimum absolute atomic E-state index is 0.377. The molecule has 5 nitrogen and oxygen atoms in total. The number of anilines is 1. The first-order valence-corrected chi connectivity index (χ1v) is 6.45. The van der Waals surface area contributed by atoms with Gasteiger partial charge >= 0.3 is 0 Å². The molecule has 1 saturated heterocycles. The minimum Gasteiger partial charge on any atom is -0.463 e. The molecule has 19 heavy (non-hydrogen) atoms. The second kappa shape index (κ2) is 5.11. The van der Waals surface area contributed by atoms with Gasteiger partial charge in [0.15, 0.2) is 5.76 Å². The van der Waals surface area contributed by atoms with E-state index in [1.165, 1.54) is 6.42 Å². The fraction of sp³-hybridized carbons (Fsp3) is 0.357. The fourth-order valence-electron chi connectivity index (χ4n) is 2.28. The first kappa shape index (κ1) is 11.7. The molecule has 0 bridgehead atoms. The standard InChI is InChI=1S/C14H14N4O/c15-10-11-9-12(13-5-4-8-19-13)17-14(16-11)18-6-2-1-3-7-18/h4-5,8-9H,1-3,6-7H2. The van der Waals surface area contributed by atoms with Gasteiger partial charge in [-0.05, 0) is 31.4 Å². The first-order valence-electron chi connectivity index (χ1n) is 6.45. The maximum atomic E-state index is 9.09. The molecule has 0 aromatic carbocycles. The summed E-state index contributed by atoms with van der Waals surface area (Å²) in [6.07, 6.45) is 5.15. The van der Waals surface area contributed by atoms with Gasteiger partial charge in [0.1, 0.15) is 17.5 Å². The zero-order valence-corrected chi connectivity index (χ0v) is 10.5. The van der Waals surface area contributed by atoms with E-state index in [0.717, 1.165) is 25.9 Å². The van der Waals surface area contributed by atoms with Gasteiger partial charge in [0.25, 0.3) is 0 Å². The Morgan fingerprint density at radius 3 is 2.74 bits per heavy atom. The minimum atomic E-state index is 0.377. The van der Waals surface area contributed by atoms with E-state index < -0.39 is 0 Å². The lowest BCUT2D eigenvalue weighted by Gasteiger charge is -2.26. The predicted molar refractivity (Wildman–Crippen MR) is 70.5 cm³/mol. The smallest absolute Gasteiger partial charge is 0.227 e. The summed E-state index contributed by atoms with van der Waals surface area (Å²) in [4.78, 5) is 11.0. The lowest BCUT2D eigenvalue weighted by atomic mass is 10.1. The van der Waals surface area contributed by atoms with E-state index >= 15 is 0 Å². The number of piperidine rings is 1. The van der Waals surface area contributed by atoms with Crippen LogP contribution in [-0.4, -0.2) is 23.1 Å². The van der Waals surface area contributed by atoms with Crippen molar-refractivity contribution in [3.05, 3.63) is 30.2 Å². The summed E-state index contributed by atoms with van der Waals surface area (Å²) in [7, 11) is 0. The Hall–Kier alpha value is -2.35. The van der Waals surface area contributed by atoms with Gasteiger partial charge in [-0.25, -0.2) is 9.97 Å². The van der Waals surface area contributed by atoms with E-state index in [1.54, 1.807) is 12.3 Å². The van der Waals surface area contributed by atoms with Crippen LogP contribution in [0.4, 0.5) is 5.95 Å². The van der Waals surface area contributed by atoms with E-state index in [4.69, 9.17) is 9.68 Å². The van der Waals surface area contributed by atoms with Crippen LogP contribution >= 0.6 is 0 Å². The third kappa shape index (κ3) is 2.43. The molecule has 0 unspecified atom stereocenters. The molecule has 0 atom stereocenters. The number of rotatable bonds is 2. The van der Waals surface area contributed by atoms with Crippen molar-refractivity contribution in [1.82, 2.24) is 9.97 Å². The van der Waals surface area contributed by atoms with Crippen LogP contribution in [0.3, 0.4) is 0 Å². The molecule has 0 N–H and O–H groups in total. The second-order valence-corrected chi connectivity index (χ2v) is 4.58. The summed E-state index contributed by atoms with van der Waals surface area (Å²) in [6, 6.07) is 7.39. The highest BCUT2D eigenvalue weighted by Gasteiger charge is 2.16. The summed E-state index contributed by atoms with van der Waals surface area (Å²) in [5.74, 6) is 1.29. The van der Waals surface area contributed by atoms with Crippen LogP contribution < -0.4 is 4.90 Å². The first-order chi connectivity index (χ1) is 9.36. The summed E-state index contributed by atoms with van der Waals surface area (Å²) in [6.45, 7) is 1.90. The Morgan fingerprint density at radius 2 is 2.05 bits per heavy atom. The van der Waals surface area contributed by atoms with Gasteiger partial charge < -0.3 is 9.32 Å². The van der Waals surface area contributed by atoms with Crippen LogP contribution in [0.2, 0.25) is 0 Å². The summed E-state index contributed by atoms with van der Waals surface area (Å²) < 4.78 is 5.34. The molecule has 5 heteroatoms. The van der Waals surface area contributed by atoms with Crippen molar-refractivity contribution < 1.29 is 4.42 Å². The van der Waals surface area contributed by atoms with Crippen molar-refractivity contribution in [3.8, 4) is 17.5 Å². The van der Waals surface area contributed by atoms with Crippen molar-refractivity contribution >= 4 is 5.95 Å². The molecule has 1 fully saturated rings. The average Bonchev–Trinajstić information content (AvgIpc) is 3.02. The lowest BCUT2D eigenvalue weighted by molar-refractivity contribution is 0.565.